The zero-order chi connectivity index (χ0) is 12.4. The predicted molar refractivity (Wildman–Crippen MR) is 73.0 cm³/mol. The van der Waals surface area contributed by atoms with Crippen molar-refractivity contribution in [3.63, 3.8) is 0 Å². The molecule has 0 saturated carbocycles. The van der Waals surface area contributed by atoms with Gasteiger partial charge in [0.1, 0.15) is 0 Å². The van der Waals surface area contributed by atoms with Crippen LogP contribution in [0.1, 0.15) is 24.8 Å². The van der Waals surface area contributed by atoms with Crippen LogP contribution in [-0.4, -0.2) is 48.0 Å². The second kappa shape index (κ2) is 5.70. The third kappa shape index (κ3) is 2.77. The number of aliphatic hydroxyl groups excluding tert-OH is 1. The summed E-state index contributed by atoms with van der Waals surface area (Å²) < 4.78 is 5.83. The van der Waals surface area contributed by atoms with E-state index >= 15 is 0 Å². The summed E-state index contributed by atoms with van der Waals surface area (Å²) in [7, 11) is 0. The summed E-state index contributed by atoms with van der Waals surface area (Å²) in [5, 5.41) is 14.5. The molecule has 2 saturated heterocycles. The summed E-state index contributed by atoms with van der Waals surface area (Å²) in [6.07, 6.45) is 3.99. The molecule has 1 aromatic heterocycles. The van der Waals surface area contributed by atoms with Crippen LogP contribution in [0, 0.1) is 0 Å². The Balaban J connectivity index is 1.48. The molecule has 3 unspecified atom stereocenters. The molecule has 2 aliphatic rings. The number of aliphatic hydroxyl groups is 1. The molecule has 2 aliphatic heterocycles. The fraction of sp³-hybridized carbons (Fsp3) is 0.714. The first-order chi connectivity index (χ1) is 8.83. The number of hydrogen-bond acceptors (Lipinski definition) is 4. The normalized spacial score (nSPS) is 30.3. The summed E-state index contributed by atoms with van der Waals surface area (Å²) in [6, 6.07) is 2.75. The topological polar surface area (TPSA) is 32.7 Å². The van der Waals surface area contributed by atoms with Crippen molar-refractivity contribution >= 4 is 11.3 Å². The van der Waals surface area contributed by atoms with Crippen molar-refractivity contribution < 1.29 is 9.84 Å². The third-order valence-electron chi connectivity index (χ3n) is 4.15. The van der Waals surface area contributed by atoms with Crippen molar-refractivity contribution in [2.24, 2.45) is 0 Å². The molecule has 3 heterocycles. The molecule has 4 heteroatoms. The van der Waals surface area contributed by atoms with Crippen molar-refractivity contribution in [3.8, 4) is 0 Å². The van der Waals surface area contributed by atoms with Gasteiger partial charge in [-0.15, -0.1) is 0 Å². The molecule has 100 valence electrons. The summed E-state index contributed by atoms with van der Waals surface area (Å²) in [5.41, 5.74) is 1.33. The number of ether oxygens (including phenoxy) is 1. The zero-order valence-electron chi connectivity index (χ0n) is 10.6. The molecule has 1 aromatic rings. The summed E-state index contributed by atoms with van der Waals surface area (Å²) in [5.74, 6) is 0. The van der Waals surface area contributed by atoms with Crippen molar-refractivity contribution in [1.29, 1.82) is 0 Å². The standard InChI is InChI=1S/C14H21NO2S/c16-13(4-3-11-5-7-18-10-11)14-8-15-6-1-2-12(15)9-17-14/h5,7,10,12-14,16H,1-4,6,8-9H2. The van der Waals surface area contributed by atoms with Gasteiger partial charge in [0.2, 0.25) is 0 Å². The Morgan fingerprint density at radius 2 is 2.50 bits per heavy atom. The minimum absolute atomic E-state index is 0.0120. The maximum absolute atomic E-state index is 10.2. The molecule has 3 atom stereocenters. The van der Waals surface area contributed by atoms with Crippen LogP contribution in [-0.2, 0) is 11.2 Å². The Labute approximate surface area is 112 Å². The Hall–Kier alpha value is -0.420. The predicted octanol–water partition coefficient (Wildman–Crippen LogP) is 1.90. The van der Waals surface area contributed by atoms with Crippen LogP contribution < -0.4 is 0 Å². The summed E-state index contributed by atoms with van der Waals surface area (Å²) in [4.78, 5) is 2.49. The van der Waals surface area contributed by atoms with Crippen LogP contribution >= 0.6 is 11.3 Å². The lowest BCUT2D eigenvalue weighted by atomic mass is 10.0. The Morgan fingerprint density at radius 1 is 1.56 bits per heavy atom. The van der Waals surface area contributed by atoms with Gasteiger partial charge in [-0.05, 0) is 54.6 Å². The maximum atomic E-state index is 10.2. The molecule has 3 nitrogen and oxygen atoms in total. The molecule has 0 amide bonds. The molecule has 0 bridgehead atoms. The Morgan fingerprint density at radius 3 is 3.33 bits per heavy atom. The van der Waals surface area contributed by atoms with Gasteiger partial charge >= 0.3 is 0 Å². The van der Waals surface area contributed by atoms with Crippen molar-refractivity contribution in [3.05, 3.63) is 22.4 Å². The van der Waals surface area contributed by atoms with E-state index in [4.69, 9.17) is 4.74 Å². The van der Waals surface area contributed by atoms with E-state index in [9.17, 15) is 5.11 Å². The van der Waals surface area contributed by atoms with E-state index < -0.39 is 0 Å². The molecule has 0 spiro atoms. The highest BCUT2D eigenvalue weighted by atomic mass is 32.1. The minimum Gasteiger partial charge on any atom is -0.390 e. The van der Waals surface area contributed by atoms with E-state index in [1.807, 2.05) is 0 Å². The highest BCUT2D eigenvalue weighted by molar-refractivity contribution is 7.07. The number of thiophene rings is 1. The first-order valence-corrected chi connectivity index (χ1v) is 7.82. The fourth-order valence-corrected chi connectivity index (χ4v) is 3.71. The lowest BCUT2D eigenvalue weighted by Crippen LogP contribution is -2.50. The molecule has 0 aliphatic carbocycles. The highest BCUT2D eigenvalue weighted by Crippen LogP contribution is 2.24. The summed E-state index contributed by atoms with van der Waals surface area (Å²) >= 11 is 1.72. The smallest absolute Gasteiger partial charge is 0.0961 e. The number of nitrogens with zero attached hydrogens (tertiary/aromatic N) is 1. The Bertz CT molecular complexity index is 368. The zero-order valence-corrected chi connectivity index (χ0v) is 11.4. The molecule has 3 rings (SSSR count). The first-order valence-electron chi connectivity index (χ1n) is 6.88. The number of rotatable bonds is 4. The molecule has 18 heavy (non-hydrogen) atoms. The lowest BCUT2D eigenvalue weighted by Gasteiger charge is -2.37. The van der Waals surface area contributed by atoms with Crippen LogP contribution in [0.3, 0.4) is 0 Å². The molecule has 0 aromatic carbocycles. The second-order valence-corrected chi connectivity index (χ2v) is 6.18. The van der Waals surface area contributed by atoms with E-state index in [2.05, 4.69) is 21.7 Å². The average Bonchev–Trinajstić information content (AvgIpc) is 3.05. The molecule has 0 radical (unpaired) electrons. The van der Waals surface area contributed by atoms with Gasteiger partial charge in [0.15, 0.2) is 0 Å². The van der Waals surface area contributed by atoms with Gasteiger partial charge < -0.3 is 9.84 Å². The number of morpholine rings is 1. The molecular weight excluding hydrogens is 246 g/mol. The lowest BCUT2D eigenvalue weighted by molar-refractivity contribution is -0.103. The number of fused-ring (bicyclic) bond motifs is 1. The van der Waals surface area contributed by atoms with Crippen LogP contribution in [0.15, 0.2) is 16.8 Å². The number of hydrogen-bond donors (Lipinski definition) is 1. The van der Waals surface area contributed by atoms with E-state index in [0.717, 1.165) is 26.0 Å². The maximum Gasteiger partial charge on any atom is 0.0961 e. The molecule has 2 fully saturated rings. The minimum atomic E-state index is -0.327. The summed E-state index contributed by atoms with van der Waals surface area (Å²) in [6.45, 7) is 2.90. The average molecular weight is 267 g/mol. The van der Waals surface area contributed by atoms with Gasteiger partial charge in [0.05, 0.1) is 18.8 Å². The van der Waals surface area contributed by atoms with Gasteiger partial charge in [-0.1, -0.05) is 0 Å². The molecule has 1 N–H and O–H groups in total. The van der Waals surface area contributed by atoms with E-state index in [0.29, 0.717) is 6.04 Å². The van der Waals surface area contributed by atoms with Crippen molar-refractivity contribution in [1.82, 2.24) is 4.90 Å². The van der Waals surface area contributed by atoms with E-state index in [1.54, 1.807) is 11.3 Å². The van der Waals surface area contributed by atoms with Gasteiger partial charge in [0.25, 0.3) is 0 Å². The fourth-order valence-electron chi connectivity index (χ4n) is 3.01. The Kier molecular flexibility index (Phi) is 3.99. The highest BCUT2D eigenvalue weighted by Gasteiger charge is 2.34. The van der Waals surface area contributed by atoms with Crippen LogP contribution in [0.2, 0.25) is 0 Å². The van der Waals surface area contributed by atoms with Crippen LogP contribution in [0.5, 0.6) is 0 Å². The number of aryl methyl sites for hydroxylation is 1. The van der Waals surface area contributed by atoms with Crippen molar-refractivity contribution in [2.45, 2.75) is 43.9 Å². The van der Waals surface area contributed by atoms with Crippen LogP contribution in [0.4, 0.5) is 0 Å². The SMILES string of the molecule is OC(CCc1ccsc1)C1CN2CCCC2CO1. The monoisotopic (exact) mass is 267 g/mol. The first kappa shape index (κ1) is 12.6. The van der Waals surface area contributed by atoms with Crippen LogP contribution in [0.25, 0.3) is 0 Å². The second-order valence-electron chi connectivity index (χ2n) is 5.40. The van der Waals surface area contributed by atoms with E-state index in [1.165, 1.54) is 24.9 Å². The largest absolute Gasteiger partial charge is 0.390 e. The van der Waals surface area contributed by atoms with Gasteiger partial charge in [-0.3, -0.25) is 4.90 Å². The van der Waals surface area contributed by atoms with Gasteiger partial charge in [0, 0.05) is 12.6 Å². The van der Waals surface area contributed by atoms with Crippen molar-refractivity contribution in [2.75, 3.05) is 19.7 Å². The van der Waals surface area contributed by atoms with Gasteiger partial charge in [-0.25, -0.2) is 0 Å². The van der Waals surface area contributed by atoms with E-state index in [-0.39, 0.29) is 12.2 Å². The third-order valence-corrected chi connectivity index (χ3v) is 4.89. The quantitative estimate of drug-likeness (QED) is 0.904. The van der Waals surface area contributed by atoms with Gasteiger partial charge in [-0.2, -0.15) is 11.3 Å². The molecular formula is C14H21NO2S.